The molecule has 110 valence electrons. The Balaban J connectivity index is 2.30. The van der Waals surface area contributed by atoms with Gasteiger partial charge in [0.25, 0.3) is 5.69 Å². The number of aryl methyl sites for hydroxylation is 1. The number of halogens is 1. The SMILES string of the molecule is Cn1c2ccc(F)cc2c(C2=CC(C)(C)CC(=O)O2)[n+]1[O-]. The van der Waals surface area contributed by atoms with Crippen LogP contribution in [0.15, 0.2) is 24.3 Å². The van der Waals surface area contributed by atoms with Crippen LogP contribution in [0.5, 0.6) is 0 Å². The van der Waals surface area contributed by atoms with Crippen molar-refractivity contribution in [1.29, 1.82) is 0 Å². The van der Waals surface area contributed by atoms with E-state index >= 15 is 0 Å². The minimum Gasteiger partial charge on any atom is -0.595 e. The summed E-state index contributed by atoms with van der Waals surface area (Å²) in [4.78, 5) is 12.3. The average molecular weight is 290 g/mol. The quantitative estimate of drug-likeness (QED) is 0.460. The molecule has 0 unspecified atom stereocenters. The highest BCUT2D eigenvalue weighted by molar-refractivity contribution is 5.91. The number of ether oxygens (including phenoxy) is 1. The lowest BCUT2D eigenvalue weighted by Crippen LogP contribution is -2.39. The van der Waals surface area contributed by atoms with E-state index in [9.17, 15) is 14.4 Å². The second-order valence-corrected chi connectivity index (χ2v) is 5.95. The number of nitrogens with zero attached hydrogens (tertiary/aromatic N) is 2. The fourth-order valence-electron chi connectivity index (χ4n) is 2.64. The van der Waals surface area contributed by atoms with Crippen molar-refractivity contribution in [2.75, 3.05) is 0 Å². The monoisotopic (exact) mass is 290 g/mol. The highest BCUT2D eigenvalue weighted by Gasteiger charge is 2.34. The maximum atomic E-state index is 13.5. The van der Waals surface area contributed by atoms with Crippen molar-refractivity contribution in [1.82, 2.24) is 4.68 Å². The Hall–Kier alpha value is -2.37. The first-order valence-corrected chi connectivity index (χ1v) is 6.60. The molecule has 3 rings (SSSR count). The van der Waals surface area contributed by atoms with E-state index in [1.165, 1.54) is 22.9 Å². The molecule has 0 bridgehead atoms. The van der Waals surface area contributed by atoms with Crippen molar-refractivity contribution < 1.29 is 18.8 Å². The molecule has 0 fully saturated rings. The molecular weight excluding hydrogens is 275 g/mol. The van der Waals surface area contributed by atoms with Gasteiger partial charge in [-0.15, -0.1) is 4.68 Å². The zero-order valence-electron chi connectivity index (χ0n) is 12.0. The number of cyclic esters (lactones) is 1. The minimum atomic E-state index is -0.447. The van der Waals surface area contributed by atoms with Gasteiger partial charge in [-0.3, -0.25) is 4.79 Å². The molecule has 0 amide bonds. The number of benzene rings is 1. The second-order valence-electron chi connectivity index (χ2n) is 5.95. The van der Waals surface area contributed by atoms with Gasteiger partial charge in [0.2, 0.25) is 5.76 Å². The Kier molecular flexibility index (Phi) is 2.79. The van der Waals surface area contributed by atoms with Gasteiger partial charge in [-0.1, -0.05) is 18.7 Å². The van der Waals surface area contributed by atoms with Crippen LogP contribution in [-0.2, 0) is 16.6 Å². The smallest absolute Gasteiger partial charge is 0.312 e. The summed E-state index contributed by atoms with van der Waals surface area (Å²) in [6, 6.07) is 4.09. The van der Waals surface area contributed by atoms with E-state index in [4.69, 9.17) is 4.74 Å². The second kappa shape index (κ2) is 4.31. The number of carbonyl (C=O) groups is 1. The summed E-state index contributed by atoms with van der Waals surface area (Å²) in [7, 11) is 1.58. The Morgan fingerprint density at radius 2 is 2.14 bits per heavy atom. The first-order chi connectivity index (χ1) is 9.78. The molecule has 21 heavy (non-hydrogen) atoms. The highest BCUT2D eigenvalue weighted by Crippen LogP contribution is 2.35. The number of hydrogen-bond donors (Lipinski definition) is 0. The average Bonchev–Trinajstić information content (AvgIpc) is 2.59. The lowest BCUT2D eigenvalue weighted by Gasteiger charge is -2.24. The maximum Gasteiger partial charge on any atom is 0.312 e. The lowest BCUT2D eigenvalue weighted by molar-refractivity contribution is -0.691. The van der Waals surface area contributed by atoms with E-state index in [1.54, 1.807) is 13.1 Å². The third-order valence-corrected chi connectivity index (χ3v) is 3.61. The number of carbonyl (C=O) groups excluding carboxylic acids is 1. The van der Waals surface area contributed by atoms with E-state index in [0.717, 1.165) is 0 Å². The molecule has 0 radical (unpaired) electrons. The first-order valence-electron chi connectivity index (χ1n) is 6.60. The molecule has 1 aromatic carbocycles. The standard InChI is InChI=1S/C15H15FN2O3/c1-15(2)7-12(21-13(19)8-15)14-10-6-9(16)4-5-11(10)17(3)18(14)20/h4-7H,8H2,1-3H3. The van der Waals surface area contributed by atoms with Crippen LogP contribution in [0.2, 0.25) is 0 Å². The van der Waals surface area contributed by atoms with Gasteiger partial charge in [0.15, 0.2) is 0 Å². The van der Waals surface area contributed by atoms with Crippen molar-refractivity contribution in [3.05, 3.63) is 41.0 Å². The van der Waals surface area contributed by atoms with E-state index in [0.29, 0.717) is 15.7 Å². The summed E-state index contributed by atoms with van der Waals surface area (Å²) in [6.07, 6.45) is 1.98. The molecule has 2 aromatic rings. The van der Waals surface area contributed by atoms with Gasteiger partial charge in [0.05, 0.1) is 18.9 Å². The van der Waals surface area contributed by atoms with Crippen LogP contribution in [0, 0.1) is 16.4 Å². The van der Waals surface area contributed by atoms with E-state index in [-0.39, 0.29) is 17.9 Å². The van der Waals surface area contributed by atoms with E-state index in [1.807, 2.05) is 13.8 Å². The molecule has 5 nitrogen and oxygen atoms in total. The lowest BCUT2D eigenvalue weighted by atomic mass is 9.86. The zero-order valence-corrected chi connectivity index (χ0v) is 12.0. The van der Waals surface area contributed by atoms with Gasteiger partial charge in [-0.05, 0) is 29.7 Å². The van der Waals surface area contributed by atoms with Crippen LogP contribution in [0.3, 0.4) is 0 Å². The van der Waals surface area contributed by atoms with Crippen LogP contribution in [0.1, 0.15) is 26.0 Å². The number of rotatable bonds is 1. The van der Waals surface area contributed by atoms with Crippen LogP contribution in [0.25, 0.3) is 16.7 Å². The number of allylic oxidation sites excluding steroid dienone is 1. The zero-order chi connectivity index (χ0) is 15.4. The number of aromatic nitrogens is 2. The van der Waals surface area contributed by atoms with Crippen molar-refractivity contribution >= 4 is 22.6 Å². The Bertz CT molecular complexity index is 790. The van der Waals surface area contributed by atoms with Crippen molar-refractivity contribution in [2.24, 2.45) is 12.5 Å². The molecule has 6 heteroatoms. The summed E-state index contributed by atoms with van der Waals surface area (Å²) < 4.78 is 20.1. The fourth-order valence-corrected chi connectivity index (χ4v) is 2.64. The first kappa shape index (κ1) is 13.6. The normalized spacial score (nSPS) is 17.7. The largest absolute Gasteiger partial charge is 0.595 e. The molecule has 1 aliphatic heterocycles. The van der Waals surface area contributed by atoms with Crippen molar-refractivity contribution in [2.45, 2.75) is 20.3 Å². The van der Waals surface area contributed by atoms with Crippen LogP contribution in [-0.4, -0.2) is 10.7 Å². The molecular formula is C15H15FN2O3. The molecule has 1 aliphatic rings. The molecule has 0 N–H and O–H groups in total. The Morgan fingerprint density at radius 1 is 1.43 bits per heavy atom. The van der Waals surface area contributed by atoms with Crippen LogP contribution >= 0.6 is 0 Å². The minimum absolute atomic E-state index is 0.160. The van der Waals surface area contributed by atoms with Gasteiger partial charge in [0.1, 0.15) is 11.3 Å². The summed E-state index contributed by atoms with van der Waals surface area (Å²) in [5, 5.41) is 12.8. The third kappa shape index (κ3) is 2.16. The van der Waals surface area contributed by atoms with E-state index in [2.05, 4.69) is 0 Å². The summed E-state index contributed by atoms with van der Waals surface area (Å²) >= 11 is 0. The number of esters is 1. The van der Waals surface area contributed by atoms with E-state index < -0.39 is 17.2 Å². The van der Waals surface area contributed by atoms with Crippen LogP contribution < -0.4 is 4.85 Å². The predicted molar refractivity (Wildman–Crippen MR) is 74.3 cm³/mol. The molecule has 0 saturated heterocycles. The Morgan fingerprint density at radius 3 is 2.81 bits per heavy atom. The Labute approximate surface area is 120 Å². The van der Waals surface area contributed by atoms with Gasteiger partial charge in [0, 0.05) is 0 Å². The van der Waals surface area contributed by atoms with Crippen LogP contribution in [0.4, 0.5) is 4.39 Å². The molecule has 0 aliphatic carbocycles. The number of fused-ring (bicyclic) bond motifs is 1. The maximum absolute atomic E-state index is 13.5. The molecule has 2 heterocycles. The third-order valence-electron chi connectivity index (χ3n) is 3.61. The molecule has 1 aromatic heterocycles. The molecule has 0 atom stereocenters. The van der Waals surface area contributed by atoms with Gasteiger partial charge >= 0.3 is 5.97 Å². The van der Waals surface area contributed by atoms with Crippen molar-refractivity contribution in [3.63, 3.8) is 0 Å². The van der Waals surface area contributed by atoms with Crippen molar-refractivity contribution in [3.8, 4) is 0 Å². The summed E-state index contributed by atoms with van der Waals surface area (Å²) in [6.45, 7) is 3.77. The van der Waals surface area contributed by atoms with Gasteiger partial charge in [-0.25, -0.2) is 4.39 Å². The fraction of sp³-hybridized carbons (Fsp3) is 0.333. The highest BCUT2D eigenvalue weighted by atomic mass is 19.1. The molecule has 0 saturated carbocycles. The molecule has 0 spiro atoms. The van der Waals surface area contributed by atoms with Gasteiger partial charge < -0.3 is 9.94 Å². The predicted octanol–water partition coefficient (Wildman–Crippen LogP) is 2.26. The summed E-state index contributed by atoms with van der Waals surface area (Å²) in [5.41, 5.74) is 0.322. The van der Waals surface area contributed by atoms with Gasteiger partial charge in [-0.2, -0.15) is 0 Å². The summed E-state index contributed by atoms with van der Waals surface area (Å²) in [5.74, 6) is -0.662. The topological polar surface area (TPSA) is 58.2 Å². The number of hydrogen-bond acceptors (Lipinski definition) is 3.